The zero-order valence-corrected chi connectivity index (χ0v) is 37.6. The van der Waals surface area contributed by atoms with Crippen LogP contribution in [0.4, 0.5) is 0 Å². The molecule has 0 aliphatic heterocycles. The Balaban J connectivity index is 0.000000195. The minimum Gasteiger partial charge on any atom is -0.214 e. The van der Waals surface area contributed by atoms with Crippen LogP contribution < -0.4 is 0 Å². The van der Waals surface area contributed by atoms with Crippen molar-refractivity contribution in [2.75, 3.05) is 0 Å². The van der Waals surface area contributed by atoms with Gasteiger partial charge in [-0.2, -0.15) is 18.2 Å². The molecule has 0 aliphatic rings. The van der Waals surface area contributed by atoms with E-state index in [0.29, 0.717) is 0 Å². The predicted octanol–water partition coefficient (Wildman–Crippen LogP) is 15.4. The topological polar surface area (TPSA) is 0 Å². The number of halogens is 2. The molecule has 8 aromatic carbocycles. The van der Waals surface area contributed by atoms with Crippen LogP contribution >= 0.6 is 31.9 Å². The fourth-order valence-corrected chi connectivity index (χ4v) is 8.13. The van der Waals surface area contributed by atoms with Crippen LogP contribution in [0.2, 0.25) is 0 Å². The van der Waals surface area contributed by atoms with Gasteiger partial charge in [-0.25, -0.2) is 12.1 Å². The second-order valence-electron chi connectivity index (χ2n) is 15.7. The summed E-state index contributed by atoms with van der Waals surface area (Å²) in [6, 6.07) is 60.6. The van der Waals surface area contributed by atoms with Crippen molar-refractivity contribution in [2.45, 2.75) is 52.4 Å². The van der Waals surface area contributed by atoms with Gasteiger partial charge in [0.25, 0.3) is 0 Å². The van der Waals surface area contributed by atoms with Gasteiger partial charge < -0.3 is 0 Å². The third-order valence-corrected chi connectivity index (χ3v) is 12.1. The monoisotopic (exact) mass is 906 g/mol. The van der Waals surface area contributed by atoms with Crippen molar-refractivity contribution < 1.29 is 24.2 Å². The van der Waals surface area contributed by atoms with E-state index in [-0.39, 0.29) is 10.8 Å². The third-order valence-electron chi connectivity index (χ3n) is 9.59. The van der Waals surface area contributed by atoms with E-state index in [9.17, 15) is 0 Å². The van der Waals surface area contributed by atoms with E-state index >= 15 is 0 Å². The molecule has 0 saturated heterocycles. The van der Waals surface area contributed by atoms with Gasteiger partial charge in [0, 0.05) is 0 Å². The quantitative estimate of drug-likeness (QED) is 0.154. The van der Waals surface area contributed by atoms with Crippen molar-refractivity contribution in [3.8, 4) is 22.3 Å². The summed E-state index contributed by atoms with van der Waals surface area (Å²) in [5.41, 5.74) is 10.8. The molecule has 8 rings (SSSR count). The summed E-state index contributed by atoms with van der Waals surface area (Å²) in [5, 5.41) is 5.36. The Morgan fingerprint density at radius 1 is 0.481 bits per heavy atom. The minimum absolute atomic E-state index is 0.0554. The van der Waals surface area contributed by atoms with Crippen molar-refractivity contribution in [3.63, 3.8) is 0 Å². The first-order chi connectivity index (χ1) is 25.8. The molecule has 8 aromatic rings. The molecule has 0 fully saturated rings. The standard InChI is InChI=1S/C33H33.C13H8Br2.C5H5.Zr/c1-32(2,3)30-20-26-24(18-28(30)22-13-9-7-10-14-22)17-25-19-29(23-15-11-8-12-16-23)31(21-27(25)26)33(4,5)6;14-12-5-1-10(2-6-12)9-11-3-7-13(15)8-4-11;1-2-4-5-3-1;/h7-21H,1-6H3;1-8H;1-5H;/q-1;;-1;+2. The van der Waals surface area contributed by atoms with Gasteiger partial charge in [-0.1, -0.05) is 114 Å². The van der Waals surface area contributed by atoms with E-state index in [2.05, 4.69) is 213 Å². The van der Waals surface area contributed by atoms with Crippen LogP contribution in [0.1, 0.15) is 63.8 Å². The van der Waals surface area contributed by atoms with E-state index in [1.54, 1.807) is 0 Å². The van der Waals surface area contributed by atoms with E-state index in [1.807, 2.05) is 30.3 Å². The summed E-state index contributed by atoms with van der Waals surface area (Å²) in [4.78, 5) is 0. The van der Waals surface area contributed by atoms with E-state index in [4.69, 9.17) is 0 Å². The van der Waals surface area contributed by atoms with Gasteiger partial charge in [0.2, 0.25) is 0 Å². The number of fused-ring (bicyclic) bond motifs is 3. The summed E-state index contributed by atoms with van der Waals surface area (Å²) in [6.07, 6.45) is 0. The zero-order chi connectivity index (χ0) is 38.5. The molecular formula is C51H46Br2Zr. The molecule has 0 saturated carbocycles. The first-order valence-electron chi connectivity index (χ1n) is 18.4. The molecule has 3 heteroatoms. The van der Waals surface area contributed by atoms with E-state index in [1.165, 1.54) is 93.5 Å². The minimum atomic E-state index is 0.0554. The average molecular weight is 910 g/mol. The average Bonchev–Trinajstić information content (AvgIpc) is 3.86. The Bertz CT molecular complexity index is 2260. The maximum absolute atomic E-state index is 3.45. The van der Waals surface area contributed by atoms with Gasteiger partial charge in [0.05, 0.1) is 0 Å². The van der Waals surface area contributed by atoms with Crippen molar-refractivity contribution in [1.82, 2.24) is 0 Å². The van der Waals surface area contributed by atoms with Gasteiger partial charge in [-0.3, -0.25) is 0 Å². The molecule has 0 N–H and O–H groups in total. The Labute approximate surface area is 353 Å². The smallest absolute Gasteiger partial charge is 0.0139 e. The molecule has 0 aliphatic carbocycles. The van der Waals surface area contributed by atoms with Crippen LogP contribution in [-0.2, 0) is 35.1 Å². The van der Waals surface area contributed by atoms with Crippen molar-refractivity contribution in [2.24, 2.45) is 0 Å². The molecule has 0 aromatic heterocycles. The number of hydrogen-bond donors (Lipinski definition) is 0. The van der Waals surface area contributed by atoms with Crippen LogP contribution in [0.3, 0.4) is 0 Å². The first kappa shape index (κ1) is 39.9. The Morgan fingerprint density at radius 3 is 1.17 bits per heavy atom. The molecule has 0 spiro atoms. The van der Waals surface area contributed by atoms with Gasteiger partial charge in [-0.15, -0.1) is 39.7 Å². The molecule has 0 heterocycles. The fraction of sp³-hybridized carbons (Fsp3) is 0.157. The van der Waals surface area contributed by atoms with Crippen molar-refractivity contribution >= 4 is 56.6 Å². The maximum atomic E-state index is 3.45. The molecule has 0 nitrogen and oxygen atoms in total. The first-order valence-corrected chi connectivity index (χ1v) is 21.2. The number of rotatable bonds is 4. The molecular weight excluding hydrogens is 864 g/mol. The fourth-order valence-electron chi connectivity index (χ4n) is 6.78. The molecule has 54 heavy (non-hydrogen) atoms. The Hall–Kier alpha value is -3.75. The van der Waals surface area contributed by atoms with Crippen molar-refractivity contribution in [1.29, 1.82) is 0 Å². The SMILES string of the molecule is Brc1ccc([C](=[Zr+2])c2ccc(Br)cc2)cc1.CC(C)(C)c1cc2c(cc1-c1ccccc1)[cH-]c1cc(-c3ccccc3)c(C(C)(C)C)cc12.c1cc[cH-]c1. The van der Waals surface area contributed by atoms with Crippen LogP contribution in [0, 0.1) is 0 Å². The van der Waals surface area contributed by atoms with Crippen molar-refractivity contribution in [3.05, 3.63) is 201 Å². The number of benzene rings is 6. The summed E-state index contributed by atoms with van der Waals surface area (Å²) in [6.45, 7) is 13.9. The summed E-state index contributed by atoms with van der Waals surface area (Å²) >= 11 is 8.34. The van der Waals surface area contributed by atoms with E-state index in [0.717, 1.165) is 8.95 Å². The second kappa shape index (κ2) is 17.4. The predicted molar refractivity (Wildman–Crippen MR) is 239 cm³/mol. The van der Waals surface area contributed by atoms with Gasteiger partial charge in [0.1, 0.15) is 0 Å². The van der Waals surface area contributed by atoms with Gasteiger partial charge >= 0.3 is 128 Å². The van der Waals surface area contributed by atoms with Crippen LogP contribution in [0.5, 0.6) is 0 Å². The van der Waals surface area contributed by atoms with Gasteiger partial charge in [0.15, 0.2) is 0 Å². The molecule has 0 amide bonds. The maximum Gasteiger partial charge on any atom is -0.0139 e. The molecule has 0 radical (unpaired) electrons. The van der Waals surface area contributed by atoms with Crippen LogP contribution in [0.25, 0.3) is 43.8 Å². The number of hydrogen-bond acceptors (Lipinski definition) is 0. The summed E-state index contributed by atoms with van der Waals surface area (Å²) in [7, 11) is 0. The van der Waals surface area contributed by atoms with Crippen LogP contribution in [0.15, 0.2) is 179 Å². The Morgan fingerprint density at radius 2 is 0.852 bits per heavy atom. The molecule has 0 unspecified atom stereocenters. The second-order valence-corrected chi connectivity index (χ2v) is 18.8. The summed E-state index contributed by atoms with van der Waals surface area (Å²) < 4.78 is 3.62. The molecule has 0 bridgehead atoms. The summed E-state index contributed by atoms with van der Waals surface area (Å²) in [5.74, 6) is 0. The van der Waals surface area contributed by atoms with Gasteiger partial charge in [-0.05, 0) is 44.2 Å². The third kappa shape index (κ3) is 9.73. The Kier molecular flexibility index (Phi) is 12.8. The van der Waals surface area contributed by atoms with E-state index < -0.39 is 0 Å². The largest absolute Gasteiger partial charge is 0.214 e. The molecule has 0 atom stereocenters. The van der Waals surface area contributed by atoms with Crippen LogP contribution in [-0.4, -0.2) is 3.21 Å². The molecule has 268 valence electrons. The zero-order valence-electron chi connectivity index (χ0n) is 31.9. The normalized spacial score (nSPS) is 11.4.